The van der Waals surface area contributed by atoms with Gasteiger partial charge in [-0.15, -0.1) is 0 Å². The van der Waals surface area contributed by atoms with E-state index < -0.39 is 17.8 Å². The van der Waals surface area contributed by atoms with Crippen LogP contribution in [0, 0.1) is 11.7 Å². The first-order valence-corrected chi connectivity index (χ1v) is 8.53. The molecular formula is C20H25FN2O3. The van der Waals surface area contributed by atoms with Crippen LogP contribution in [0.15, 0.2) is 42.6 Å². The fourth-order valence-corrected chi connectivity index (χ4v) is 3.01. The molecule has 1 heterocycles. The van der Waals surface area contributed by atoms with Gasteiger partial charge in [0.25, 0.3) is 0 Å². The number of carbonyl (C=O) groups excluding carboxylic acids is 1. The van der Waals surface area contributed by atoms with Gasteiger partial charge in [-0.05, 0) is 55.5 Å². The number of nitrogens with two attached hydrogens (primary N) is 1. The Morgan fingerprint density at radius 2 is 1.96 bits per heavy atom. The molecule has 0 aliphatic rings. The third kappa shape index (κ3) is 5.52. The van der Waals surface area contributed by atoms with Crippen molar-refractivity contribution in [2.45, 2.75) is 45.3 Å². The summed E-state index contributed by atoms with van der Waals surface area (Å²) in [5.41, 5.74) is 6.58. The SMILES string of the molecule is CC(Cc1ccc(F)cc1)C(O)c1ncccc1CC(C)(C)OC(N)=O. The van der Waals surface area contributed by atoms with Crippen molar-refractivity contribution < 1.29 is 19.0 Å². The van der Waals surface area contributed by atoms with Crippen LogP contribution in [0.3, 0.4) is 0 Å². The summed E-state index contributed by atoms with van der Waals surface area (Å²) in [6.45, 7) is 5.42. The second-order valence-corrected chi connectivity index (χ2v) is 7.16. The Bertz CT molecular complexity index is 747. The highest BCUT2D eigenvalue weighted by Gasteiger charge is 2.27. The van der Waals surface area contributed by atoms with Crippen LogP contribution in [0.2, 0.25) is 0 Å². The summed E-state index contributed by atoms with van der Waals surface area (Å²) in [6.07, 6.45) is 0.929. The number of benzene rings is 1. The highest BCUT2D eigenvalue weighted by atomic mass is 19.1. The lowest BCUT2D eigenvalue weighted by Gasteiger charge is -2.27. The zero-order chi connectivity index (χ0) is 19.3. The van der Waals surface area contributed by atoms with Gasteiger partial charge in [-0.25, -0.2) is 9.18 Å². The predicted octanol–water partition coefficient (Wildman–Crippen LogP) is 3.55. The average Bonchev–Trinajstić information content (AvgIpc) is 2.55. The molecule has 0 saturated heterocycles. The van der Waals surface area contributed by atoms with Crippen LogP contribution in [0.5, 0.6) is 0 Å². The van der Waals surface area contributed by atoms with E-state index in [0.717, 1.165) is 11.1 Å². The molecule has 1 amide bonds. The Balaban J connectivity index is 2.16. The van der Waals surface area contributed by atoms with Gasteiger partial charge in [-0.2, -0.15) is 0 Å². The molecule has 2 unspecified atom stereocenters. The molecule has 0 fully saturated rings. The molecule has 0 bridgehead atoms. The largest absolute Gasteiger partial charge is 0.443 e. The maximum atomic E-state index is 13.0. The number of aliphatic hydroxyl groups is 1. The normalized spacial score (nSPS) is 13.9. The van der Waals surface area contributed by atoms with Gasteiger partial charge in [0.2, 0.25) is 0 Å². The van der Waals surface area contributed by atoms with Gasteiger partial charge < -0.3 is 15.6 Å². The Hall–Kier alpha value is -2.47. The van der Waals surface area contributed by atoms with Crippen LogP contribution in [-0.4, -0.2) is 21.8 Å². The first kappa shape index (κ1) is 19.8. The van der Waals surface area contributed by atoms with E-state index in [1.165, 1.54) is 12.1 Å². The van der Waals surface area contributed by atoms with Gasteiger partial charge in [0.15, 0.2) is 0 Å². The van der Waals surface area contributed by atoms with Crippen molar-refractivity contribution in [1.29, 1.82) is 0 Å². The van der Waals surface area contributed by atoms with Crippen molar-refractivity contribution in [3.05, 3.63) is 65.2 Å². The van der Waals surface area contributed by atoms with Crippen LogP contribution >= 0.6 is 0 Å². The lowest BCUT2D eigenvalue weighted by molar-refractivity contribution is 0.0447. The van der Waals surface area contributed by atoms with Gasteiger partial charge in [0, 0.05) is 12.6 Å². The third-order valence-corrected chi connectivity index (χ3v) is 4.21. The third-order valence-electron chi connectivity index (χ3n) is 4.21. The molecule has 26 heavy (non-hydrogen) atoms. The van der Waals surface area contributed by atoms with Crippen LogP contribution in [0.1, 0.15) is 43.7 Å². The van der Waals surface area contributed by atoms with E-state index in [0.29, 0.717) is 18.5 Å². The van der Waals surface area contributed by atoms with E-state index in [9.17, 15) is 14.3 Å². The molecule has 2 aromatic rings. The van der Waals surface area contributed by atoms with E-state index in [2.05, 4.69) is 4.98 Å². The lowest BCUT2D eigenvalue weighted by atomic mass is 9.89. The average molecular weight is 360 g/mol. The van der Waals surface area contributed by atoms with Crippen molar-refractivity contribution in [1.82, 2.24) is 4.98 Å². The molecule has 140 valence electrons. The Labute approximate surface area is 153 Å². The summed E-state index contributed by atoms with van der Waals surface area (Å²) in [4.78, 5) is 15.4. The Kier molecular flexibility index (Phi) is 6.32. The highest BCUT2D eigenvalue weighted by molar-refractivity contribution is 5.65. The van der Waals surface area contributed by atoms with Gasteiger partial charge in [-0.3, -0.25) is 4.98 Å². The summed E-state index contributed by atoms with van der Waals surface area (Å²) < 4.78 is 18.2. The van der Waals surface area contributed by atoms with Crippen LogP contribution in [-0.2, 0) is 17.6 Å². The number of aliphatic hydroxyl groups excluding tert-OH is 1. The number of pyridine rings is 1. The molecule has 3 N–H and O–H groups in total. The van der Waals surface area contributed by atoms with Gasteiger partial charge in [0.05, 0.1) is 11.8 Å². The topological polar surface area (TPSA) is 85.4 Å². The fraction of sp³-hybridized carbons (Fsp3) is 0.400. The molecule has 2 rings (SSSR count). The standard InChI is InChI=1S/C20H25FN2O3/c1-13(11-14-6-8-16(21)9-7-14)18(24)17-15(5-4-10-23-17)12-20(2,3)26-19(22)25/h4-10,13,18,24H,11-12H2,1-3H3,(H2,22,25). The number of primary amides is 1. The second kappa shape index (κ2) is 8.27. The number of aromatic nitrogens is 1. The van der Waals surface area contributed by atoms with Gasteiger partial charge in [0.1, 0.15) is 11.4 Å². The van der Waals surface area contributed by atoms with E-state index in [1.54, 1.807) is 38.2 Å². The lowest BCUT2D eigenvalue weighted by Crippen LogP contribution is -2.34. The predicted molar refractivity (Wildman–Crippen MR) is 96.9 cm³/mol. The summed E-state index contributed by atoms with van der Waals surface area (Å²) in [6, 6.07) is 9.86. The first-order valence-electron chi connectivity index (χ1n) is 8.53. The Morgan fingerprint density at radius 3 is 2.58 bits per heavy atom. The molecule has 6 heteroatoms. The number of rotatable bonds is 7. The number of amides is 1. The molecular weight excluding hydrogens is 335 g/mol. The number of carbonyl (C=O) groups is 1. The minimum absolute atomic E-state index is 0.130. The first-order chi connectivity index (χ1) is 12.2. The molecule has 2 atom stereocenters. The van der Waals surface area contributed by atoms with Crippen LogP contribution in [0.4, 0.5) is 9.18 Å². The van der Waals surface area contributed by atoms with Gasteiger partial charge >= 0.3 is 6.09 Å². The fourth-order valence-electron chi connectivity index (χ4n) is 3.01. The van der Waals surface area contributed by atoms with E-state index in [1.807, 2.05) is 13.0 Å². The quantitative estimate of drug-likeness (QED) is 0.791. The number of ether oxygens (including phenoxy) is 1. The molecule has 0 aliphatic heterocycles. The zero-order valence-electron chi connectivity index (χ0n) is 15.3. The van der Waals surface area contributed by atoms with Crippen LogP contribution < -0.4 is 5.73 Å². The van der Waals surface area contributed by atoms with Crippen molar-refractivity contribution in [2.75, 3.05) is 0 Å². The summed E-state index contributed by atoms with van der Waals surface area (Å²) in [5.74, 6) is -0.417. The van der Waals surface area contributed by atoms with E-state index >= 15 is 0 Å². The van der Waals surface area contributed by atoms with E-state index in [4.69, 9.17) is 10.5 Å². The summed E-state index contributed by atoms with van der Waals surface area (Å²) in [5, 5.41) is 10.8. The van der Waals surface area contributed by atoms with Crippen molar-refractivity contribution >= 4 is 6.09 Å². The molecule has 1 aromatic carbocycles. The smallest absolute Gasteiger partial charge is 0.405 e. The van der Waals surface area contributed by atoms with Crippen LogP contribution in [0.25, 0.3) is 0 Å². The monoisotopic (exact) mass is 360 g/mol. The van der Waals surface area contributed by atoms with E-state index in [-0.39, 0.29) is 11.7 Å². The molecule has 5 nitrogen and oxygen atoms in total. The number of hydrogen-bond acceptors (Lipinski definition) is 4. The minimum atomic E-state index is -0.842. The summed E-state index contributed by atoms with van der Waals surface area (Å²) >= 11 is 0. The van der Waals surface area contributed by atoms with Crippen molar-refractivity contribution in [3.63, 3.8) is 0 Å². The van der Waals surface area contributed by atoms with Gasteiger partial charge in [-0.1, -0.05) is 25.1 Å². The molecule has 0 aliphatic carbocycles. The maximum absolute atomic E-state index is 13.0. The maximum Gasteiger partial charge on any atom is 0.405 e. The zero-order valence-corrected chi connectivity index (χ0v) is 15.3. The minimum Gasteiger partial charge on any atom is -0.443 e. The summed E-state index contributed by atoms with van der Waals surface area (Å²) in [7, 11) is 0. The highest BCUT2D eigenvalue weighted by Crippen LogP contribution is 2.28. The Morgan fingerprint density at radius 1 is 1.31 bits per heavy atom. The molecule has 1 aromatic heterocycles. The molecule has 0 radical (unpaired) electrons. The number of halogens is 1. The molecule has 0 saturated carbocycles. The second-order valence-electron chi connectivity index (χ2n) is 7.16. The van der Waals surface area contributed by atoms with Crippen molar-refractivity contribution in [2.24, 2.45) is 11.7 Å². The van der Waals surface area contributed by atoms with Crippen molar-refractivity contribution in [3.8, 4) is 0 Å². The molecule has 0 spiro atoms. The number of nitrogens with zero attached hydrogens (tertiary/aromatic N) is 1. The number of hydrogen-bond donors (Lipinski definition) is 2.